The molecule has 1 rings (SSSR count). The van der Waals surface area contributed by atoms with Gasteiger partial charge < -0.3 is 9.47 Å². The Kier molecular flexibility index (Phi) is 5.49. The van der Waals surface area contributed by atoms with Crippen LogP contribution >= 0.6 is 12.6 Å². The fourth-order valence-corrected chi connectivity index (χ4v) is 3.65. The van der Waals surface area contributed by atoms with Crippen LogP contribution in [-0.4, -0.2) is 46.5 Å². The number of rotatable bonds is 4. The summed E-state index contributed by atoms with van der Waals surface area (Å²) in [5.41, 5.74) is -0.186. The number of carbonyl (C=O) groups is 2. The third-order valence-corrected chi connectivity index (χ3v) is 4.03. The SMILES string of the molecule is CC(=O)OCCN1C(C)(C)CC(OC(C)=O)CC1(C)S. The molecule has 2 unspecified atom stereocenters. The first-order valence-corrected chi connectivity index (χ1v) is 7.30. The van der Waals surface area contributed by atoms with Gasteiger partial charge in [-0.3, -0.25) is 14.5 Å². The monoisotopic (exact) mass is 303 g/mol. The smallest absolute Gasteiger partial charge is 0.302 e. The minimum Gasteiger partial charge on any atom is -0.465 e. The van der Waals surface area contributed by atoms with Crippen LogP contribution in [0.15, 0.2) is 0 Å². The van der Waals surface area contributed by atoms with Crippen molar-refractivity contribution in [1.82, 2.24) is 4.90 Å². The molecule has 0 radical (unpaired) electrons. The number of ether oxygens (including phenoxy) is 2. The molecule has 5 nitrogen and oxygen atoms in total. The average molecular weight is 303 g/mol. The van der Waals surface area contributed by atoms with E-state index in [1.54, 1.807) is 0 Å². The first-order valence-electron chi connectivity index (χ1n) is 6.85. The molecule has 1 heterocycles. The Bertz CT molecular complexity index is 363. The standard InChI is InChI=1S/C14H25NO4S/c1-10(16)18-7-6-15-13(3,4)8-12(19-11(2)17)9-14(15,5)20/h12,20H,6-9H2,1-5H3. The van der Waals surface area contributed by atoms with E-state index < -0.39 is 4.87 Å². The van der Waals surface area contributed by atoms with E-state index in [0.29, 0.717) is 19.6 Å². The molecule has 116 valence electrons. The Morgan fingerprint density at radius 1 is 1.20 bits per heavy atom. The van der Waals surface area contributed by atoms with Gasteiger partial charge in [-0.2, -0.15) is 12.6 Å². The van der Waals surface area contributed by atoms with Crippen molar-refractivity contribution >= 4 is 24.6 Å². The summed E-state index contributed by atoms with van der Waals surface area (Å²) in [5, 5.41) is 0. The molecule has 0 aliphatic carbocycles. The van der Waals surface area contributed by atoms with Crippen LogP contribution in [0, 0.1) is 0 Å². The zero-order valence-electron chi connectivity index (χ0n) is 12.9. The van der Waals surface area contributed by atoms with Gasteiger partial charge in [0.2, 0.25) is 0 Å². The van der Waals surface area contributed by atoms with E-state index in [9.17, 15) is 9.59 Å². The molecule has 20 heavy (non-hydrogen) atoms. The number of esters is 2. The summed E-state index contributed by atoms with van der Waals surface area (Å²) in [6.45, 7) is 9.96. The van der Waals surface area contributed by atoms with Crippen molar-refractivity contribution in [3.8, 4) is 0 Å². The number of likely N-dealkylation sites (tertiary alicyclic amines) is 1. The highest BCUT2D eigenvalue weighted by Crippen LogP contribution is 2.41. The zero-order valence-corrected chi connectivity index (χ0v) is 13.8. The van der Waals surface area contributed by atoms with Gasteiger partial charge in [-0.15, -0.1) is 0 Å². The van der Waals surface area contributed by atoms with Crippen LogP contribution in [0.25, 0.3) is 0 Å². The van der Waals surface area contributed by atoms with Crippen LogP contribution in [0.4, 0.5) is 0 Å². The third kappa shape index (κ3) is 4.66. The molecule has 0 amide bonds. The van der Waals surface area contributed by atoms with Crippen molar-refractivity contribution in [2.75, 3.05) is 13.2 Å². The molecule has 0 aromatic carbocycles. The van der Waals surface area contributed by atoms with Gasteiger partial charge in [-0.1, -0.05) is 0 Å². The number of piperidine rings is 1. The molecule has 2 atom stereocenters. The summed E-state index contributed by atoms with van der Waals surface area (Å²) < 4.78 is 10.4. The maximum atomic E-state index is 11.1. The molecule has 1 aliphatic rings. The molecule has 0 saturated carbocycles. The van der Waals surface area contributed by atoms with Crippen LogP contribution in [0.3, 0.4) is 0 Å². The lowest BCUT2D eigenvalue weighted by atomic mass is 9.84. The van der Waals surface area contributed by atoms with Crippen molar-refractivity contribution in [2.24, 2.45) is 0 Å². The molecule has 0 aromatic rings. The summed E-state index contributed by atoms with van der Waals surface area (Å²) in [6.07, 6.45) is 1.26. The molecule has 1 aliphatic heterocycles. The lowest BCUT2D eigenvalue weighted by Gasteiger charge is -2.54. The normalized spacial score (nSPS) is 29.8. The van der Waals surface area contributed by atoms with Gasteiger partial charge in [-0.25, -0.2) is 0 Å². The van der Waals surface area contributed by atoms with Crippen molar-refractivity contribution < 1.29 is 19.1 Å². The molecule has 0 aromatic heterocycles. The van der Waals surface area contributed by atoms with Gasteiger partial charge in [0.25, 0.3) is 0 Å². The number of nitrogens with zero attached hydrogens (tertiary/aromatic N) is 1. The van der Waals surface area contributed by atoms with Crippen LogP contribution in [0.5, 0.6) is 0 Å². The molecular weight excluding hydrogens is 278 g/mol. The fourth-order valence-electron chi connectivity index (χ4n) is 3.08. The van der Waals surface area contributed by atoms with Crippen LogP contribution in [-0.2, 0) is 19.1 Å². The lowest BCUT2D eigenvalue weighted by molar-refractivity contribution is -0.156. The van der Waals surface area contributed by atoms with E-state index in [-0.39, 0.29) is 23.6 Å². The van der Waals surface area contributed by atoms with E-state index in [1.807, 2.05) is 6.92 Å². The Balaban J connectivity index is 2.74. The van der Waals surface area contributed by atoms with Gasteiger partial charge in [0.15, 0.2) is 0 Å². The Hall–Kier alpha value is -0.750. The van der Waals surface area contributed by atoms with E-state index in [1.165, 1.54) is 13.8 Å². The quantitative estimate of drug-likeness (QED) is 0.636. The van der Waals surface area contributed by atoms with Gasteiger partial charge >= 0.3 is 11.9 Å². The van der Waals surface area contributed by atoms with E-state index in [4.69, 9.17) is 22.1 Å². The summed E-state index contributed by atoms with van der Waals surface area (Å²) in [7, 11) is 0. The summed E-state index contributed by atoms with van der Waals surface area (Å²) in [6, 6.07) is 0. The lowest BCUT2D eigenvalue weighted by Crippen LogP contribution is -2.62. The minimum atomic E-state index is -0.415. The summed E-state index contributed by atoms with van der Waals surface area (Å²) in [5.74, 6) is -0.540. The van der Waals surface area contributed by atoms with Crippen LogP contribution in [0.2, 0.25) is 0 Å². The van der Waals surface area contributed by atoms with Crippen molar-refractivity contribution in [3.63, 3.8) is 0 Å². The molecule has 0 N–H and O–H groups in total. The number of thiol groups is 1. The largest absolute Gasteiger partial charge is 0.465 e. The van der Waals surface area contributed by atoms with Crippen molar-refractivity contribution in [2.45, 2.75) is 64.0 Å². The maximum Gasteiger partial charge on any atom is 0.302 e. The molecule has 0 spiro atoms. The van der Waals surface area contributed by atoms with Crippen molar-refractivity contribution in [3.05, 3.63) is 0 Å². The van der Waals surface area contributed by atoms with Gasteiger partial charge in [0, 0.05) is 38.8 Å². The maximum absolute atomic E-state index is 11.1. The first-order chi connectivity index (χ1) is 9.04. The molecular formula is C14H25NO4S. The van der Waals surface area contributed by atoms with Crippen LogP contribution in [0.1, 0.15) is 47.5 Å². The molecule has 6 heteroatoms. The Morgan fingerprint density at radius 3 is 2.25 bits per heavy atom. The number of carbonyl (C=O) groups excluding carboxylic acids is 2. The Morgan fingerprint density at radius 2 is 1.80 bits per heavy atom. The van der Waals surface area contributed by atoms with E-state index >= 15 is 0 Å². The second-order valence-electron chi connectivity index (χ2n) is 6.16. The van der Waals surface area contributed by atoms with Crippen molar-refractivity contribution in [1.29, 1.82) is 0 Å². The topological polar surface area (TPSA) is 55.8 Å². The Labute approximate surface area is 126 Å². The molecule has 0 bridgehead atoms. The summed E-state index contributed by atoms with van der Waals surface area (Å²) >= 11 is 4.73. The zero-order chi connectivity index (χ0) is 15.6. The van der Waals surface area contributed by atoms with E-state index in [2.05, 4.69) is 18.7 Å². The van der Waals surface area contributed by atoms with Crippen LogP contribution < -0.4 is 0 Å². The van der Waals surface area contributed by atoms with Gasteiger partial charge in [0.05, 0.1) is 4.87 Å². The summed E-state index contributed by atoms with van der Waals surface area (Å²) in [4.78, 5) is 23.8. The molecule has 1 saturated heterocycles. The first kappa shape index (κ1) is 17.3. The average Bonchev–Trinajstić information content (AvgIpc) is 2.18. The number of hydrogen-bond acceptors (Lipinski definition) is 6. The third-order valence-electron chi connectivity index (χ3n) is 3.61. The minimum absolute atomic E-state index is 0.130. The van der Waals surface area contributed by atoms with Gasteiger partial charge in [0.1, 0.15) is 12.7 Å². The predicted octanol–water partition coefficient (Wildman–Crippen LogP) is 2.00. The fraction of sp³-hybridized carbons (Fsp3) is 0.857. The highest BCUT2D eigenvalue weighted by Gasteiger charge is 2.46. The number of hydrogen-bond donors (Lipinski definition) is 1. The van der Waals surface area contributed by atoms with Gasteiger partial charge in [-0.05, 0) is 20.8 Å². The highest BCUT2D eigenvalue weighted by atomic mass is 32.1. The molecule has 1 fully saturated rings. The second kappa shape index (κ2) is 6.35. The second-order valence-corrected chi connectivity index (χ2v) is 7.12. The highest BCUT2D eigenvalue weighted by molar-refractivity contribution is 7.81. The van der Waals surface area contributed by atoms with E-state index in [0.717, 1.165) is 6.42 Å². The predicted molar refractivity (Wildman–Crippen MR) is 79.6 cm³/mol.